The number of hydrogen-bond donors (Lipinski definition) is 1. The van der Waals surface area contributed by atoms with Gasteiger partial charge in [0.25, 0.3) is 5.91 Å². The van der Waals surface area contributed by atoms with E-state index < -0.39 is 11.5 Å². The molecular weight excluding hydrogens is 384 g/mol. The van der Waals surface area contributed by atoms with Gasteiger partial charge in [-0.3, -0.25) is 9.59 Å². The van der Waals surface area contributed by atoms with Crippen molar-refractivity contribution in [3.05, 3.63) is 76.1 Å². The number of primary amides is 1. The fraction of sp³-hybridized carbons (Fsp3) is 0.261. The van der Waals surface area contributed by atoms with Crippen molar-refractivity contribution in [2.75, 3.05) is 13.2 Å². The second-order valence-electron chi connectivity index (χ2n) is 6.91. The van der Waals surface area contributed by atoms with E-state index in [0.717, 1.165) is 16.5 Å². The molecule has 2 N–H and O–H groups in total. The van der Waals surface area contributed by atoms with Crippen molar-refractivity contribution in [1.82, 2.24) is 4.90 Å². The van der Waals surface area contributed by atoms with Gasteiger partial charge in [0.1, 0.15) is 11.3 Å². The predicted molar refractivity (Wildman–Crippen MR) is 113 cm³/mol. The Morgan fingerprint density at radius 1 is 1.10 bits per heavy atom. The first-order valence-corrected chi connectivity index (χ1v) is 9.76. The molecule has 0 saturated carbocycles. The number of nitrogens with zero attached hydrogens (tertiary/aromatic N) is 1. The molecule has 0 radical (unpaired) electrons. The smallest absolute Gasteiger partial charge is 0.336 e. The lowest BCUT2D eigenvalue weighted by Crippen LogP contribution is -2.36. The van der Waals surface area contributed by atoms with Crippen LogP contribution in [0.15, 0.2) is 63.8 Å². The second-order valence-corrected chi connectivity index (χ2v) is 6.91. The van der Waals surface area contributed by atoms with Crippen molar-refractivity contribution in [1.29, 1.82) is 0 Å². The minimum atomic E-state index is -0.474. The van der Waals surface area contributed by atoms with E-state index in [1.54, 1.807) is 12.1 Å². The lowest BCUT2D eigenvalue weighted by atomic mass is 10.1. The highest BCUT2D eigenvalue weighted by atomic mass is 16.5. The van der Waals surface area contributed by atoms with Crippen LogP contribution in [0, 0.1) is 0 Å². The van der Waals surface area contributed by atoms with E-state index in [0.29, 0.717) is 24.3 Å². The van der Waals surface area contributed by atoms with Gasteiger partial charge in [-0.2, -0.15) is 0 Å². The van der Waals surface area contributed by atoms with E-state index in [2.05, 4.69) is 0 Å². The second kappa shape index (κ2) is 9.73. The average Bonchev–Trinajstić information content (AvgIpc) is 2.74. The van der Waals surface area contributed by atoms with Gasteiger partial charge in [-0.05, 0) is 29.7 Å². The third-order valence-corrected chi connectivity index (χ3v) is 4.74. The highest BCUT2D eigenvalue weighted by Gasteiger charge is 2.16. The van der Waals surface area contributed by atoms with Gasteiger partial charge >= 0.3 is 5.63 Å². The Kier molecular flexibility index (Phi) is 6.85. The van der Waals surface area contributed by atoms with E-state index in [1.807, 2.05) is 43.3 Å². The molecule has 3 rings (SSSR count). The molecular formula is C23H24N2O5. The first-order valence-electron chi connectivity index (χ1n) is 9.76. The standard InChI is InChI=1S/C23H24N2O5/c1-2-17-12-23(28)30-20-13-18(8-9-19(17)20)29-15-22(27)25(11-10-21(24)26)14-16-6-4-3-5-7-16/h3-9,12-13H,2,10-11,14-15H2,1H3,(H2,24,26). The molecule has 2 amide bonds. The summed E-state index contributed by atoms with van der Waals surface area (Å²) in [6, 6.07) is 16.1. The summed E-state index contributed by atoms with van der Waals surface area (Å²) in [5.74, 6) is -0.330. The van der Waals surface area contributed by atoms with Crippen molar-refractivity contribution < 1.29 is 18.7 Å². The molecule has 0 spiro atoms. The summed E-state index contributed by atoms with van der Waals surface area (Å²) in [5.41, 5.74) is 7.07. The number of aryl methyl sites for hydroxylation is 1. The van der Waals surface area contributed by atoms with Gasteiger partial charge in [0.15, 0.2) is 6.61 Å². The highest BCUT2D eigenvalue weighted by molar-refractivity contribution is 5.82. The number of carbonyl (C=O) groups excluding carboxylic acids is 2. The molecule has 1 aromatic heterocycles. The molecule has 156 valence electrons. The molecule has 0 aliphatic heterocycles. The maximum atomic E-state index is 12.7. The normalized spacial score (nSPS) is 10.7. The fourth-order valence-electron chi connectivity index (χ4n) is 3.17. The van der Waals surface area contributed by atoms with Crippen molar-refractivity contribution in [2.45, 2.75) is 26.3 Å². The van der Waals surface area contributed by atoms with E-state index in [4.69, 9.17) is 14.9 Å². The van der Waals surface area contributed by atoms with Crippen LogP contribution < -0.4 is 16.1 Å². The largest absolute Gasteiger partial charge is 0.484 e. The van der Waals surface area contributed by atoms with E-state index in [1.165, 1.54) is 11.0 Å². The molecule has 7 nitrogen and oxygen atoms in total. The number of benzene rings is 2. The van der Waals surface area contributed by atoms with Gasteiger partial charge in [-0.15, -0.1) is 0 Å². The monoisotopic (exact) mass is 408 g/mol. The quantitative estimate of drug-likeness (QED) is 0.548. The Bertz CT molecular complexity index is 1090. The molecule has 0 atom stereocenters. The lowest BCUT2D eigenvalue weighted by molar-refractivity contribution is -0.134. The molecule has 0 aliphatic carbocycles. The first kappa shape index (κ1) is 21.1. The Balaban J connectivity index is 1.72. The molecule has 0 saturated heterocycles. The average molecular weight is 408 g/mol. The number of fused-ring (bicyclic) bond motifs is 1. The summed E-state index contributed by atoms with van der Waals surface area (Å²) in [6.07, 6.45) is 0.772. The van der Waals surface area contributed by atoms with Gasteiger partial charge in [0, 0.05) is 37.0 Å². The summed E-state index contributed by atoms with van der Waals surface area (Å²) in [7, 11) is 0. The minimum absolute atomic E-state index is 0.0689. The molecule has 1 heterocycles. The number of rotatable bonds is 9. The van der Waals surface area contributed by atoms with Gasteiger partial charge in [0.05, 0.1) is 0 Å². The topological polar surface area (TPSA) is 103 Å². The van der Waals surface area contributed by atoms with Gasteiger partial charge in [-0.25, -0.2) is 4.79 Å². The molecule has 30 heavy (non-hydrogen) atoms. The van der Waals surface area contributed by atoms with Crippen LogP contribution in [0.2, 0.25) is 0 Å². The molecule has 0 fully saturated rings. The van der Waals surface area contributed by atoms with Crippen molar-refractivity contribution >= 4 is 22.8 Å². The van der Waals surface area contributed by atoms with Crippen LogP contribution >= 0.6 is 0 Å². The zero-order valence-corrected chi connectivity index (χ0v) is 16.8. The molecule has 3 aromatic rings. The minimum Gasteiger partial charge on any atom is -0.484 e. The lowest BCUT2D eigenvalue weighted by Gasteiger charge is -2.22. The zero-order chi connectivity index (χ0) is 21.5. The van der Waals surface area contributed by atoms with Crippen LogP contribution in [0.4, 0.5) is 0 Å². The van der Waals surface area contributed by atoms with Crippen LogP contribution in [0.3, 0.4) is 0 Å². The molecule has 7 heteroatoms. The SMILES string of the molecule is CCc1cc(=O)oc2cc(OCC(=O)N(CCC(N)=O)Cc3ccccc3)ccc12. The van der Waals surface area contributed by atoms with Crippen molar-refractivity contribution in [2.24, 2.45) is 5.73 Å². The van der Waals surface area contributed by atoms with E-state index >= 15 is 0 Å². The van der Waals surface area contributed by atoms with Crippen LogP contribution in [-0.2, 0) is 22.6 Å². The Labute approximate surface area is 174 Å². The summed E-state index contributed by atoms with van der Waals surface area (Å²) in [5, 5.41) is 0.836. The van der Waals surface area contributed by atoms with Crippen molar-refractivity contribution in [3.8, 4) is 5.75 Å². The zero-order valence-electron chi connectivity index (χ0n) is 16.8. The first-order chi connectivity index (χ1) is 14.5. The number of amides is 2. The van der Waals surface area contributed by atoms with Crippen LogP contribution in [0.1, 0.15) is 24.5 Å². The fourth-order valence-corrected chi connectivity index (χ4v) is 3.17. The van der Waals surface area contributed by atoms with Gasteiger partial charge in [0.2, 0.25) is 5.91 Å². The third kappa shape index (κ3) is 5.47. The Morgan fingerprint density at radius 2 is 1.87 bits per heavy atom. The number of hydrogen-bond acceptors (Lipinski definition) is 5. The Hall–Kier alpha value is -3.61. The van der Waals surface area contributed by atoms with E-state index in [-0.39, 0.29) is 25.5 Å². The summed E-state index contributed by atoms with van der Waals surface area (Å²) < 4.78 is 10.9. The maximum Gasteiger partial charge on any atom is 0.336 e. The van der Waals surface area contributed by atoms with Crippen LogP contribution in [0.25, 0.3) is 11.0 Å². The van der Waals surface area contributed by atoms with Crippen LogP contribution in [0.5, 0.6) is 5.75 Å². The Morgan fingerprint density at radius 3 is 2.57 bits per heavy atom. The summed E-state index contributed by atoms with van der Waals surface area (Å²) in [4.78, 5) is 37.2. The molecule has 2 aromatic carbocycles. The highest BCUT2D eigenvalue weighted by Crippen LogP contribution is 2.23. The van der Waals surface area contributed by atoms with Crippen LogP contribution in [-0.4, -0.2) is 29.9 Å². The molecule has 0 aliphatic rings. The molecule has 0 bridgehead atoms. The van der Waals surface area contributed by atoms with E-state index in [9.17, 15) is 14.4 Å². The van der Waals surface area contributed by atoms with Gasteiger partial charge in [-0.1, -0.05) is 37.3 Å². The summed E-state index contributed by atoms with van der Waals surface area (Å²) >= 11 is 0. The third-order valence-electron chi connectivity index (χ3n) is 4.74. The number of carbonyl (C=O) groups is 2. The predicted octanol–water partition coefficient (Wildman–Crippen LogP) is 2.64. The van der Waals surface area contributed by atoms with Crippen molar-refractivity contribution in [3.63, 3.8) is 0 Å². The summed E-state index contributed by atoms with van der Waals surface area (Å²) in [6.45, 7) is 2.31. The number of ether oxygens (including phenoxy) is 1. The molecule has 0 unspecified atom stereocenters. The van der Waals surface area contributed by atoms with Gasteiger partial charge < -0.3 is 19.8 Å². The maximum absolute atomic E-state index is 12.7. The number of nitrogens with two attached hydrogens (primary N) is 1.